The van der Waals surface area contributed by atoms with Crippen LogP contribution >= 0.6 is 0 Å². The van der Waals surface area contributed by atoms with Gasteiger partial charge in [0.2, 0.25) is 0 Å². The highest BCUT2D eigenvalue weighted by molar-refractivity contribution is 5.78. The van der Waals surface area contributed by atoms with E-state index in [0.29, 0.717) is 6.54 Å². The molecular formula is C14H16N2O2. The van der Waals surface area contributed by atoms with Crippen LogP contribution in [0.3, 0.4) is 0 Å². The number of likely N-dealkylation sites (N-methyl/N-ethyl adjacent to an activating group) is 1. The third kappa shape index (κ3) is 2.84. The molecule has 1 N–H and O–H groups in total. The van der Waals surface area contributed by atoms with Crippen molar-refractivity contribution in [2.45, 2.75) is 13.0 Å². The van der Waals surface area contributed by atoms with Crippen molar-refractivity contribution in [3.05, 3.63) is 42.1 Å². The van der Waals surface area contributed by atoms with Crippen molar-refractivity contribution in [2.24, 2.45) is 0 Å². The number of fused-ring (bicyclic) bond motifs is 1. The number of ether oxygens (including phenoxy) is 1. The zero-order valence-corrected chi connectivity index (χ0v) is 10.5. The summed E-state index contributed by atoms with van der Waals surface area (Å²) in [5, 5.41) is 4.08. The lowest BCUT2D eigenvalue weighted by Crippen LogP contribution is -2.22. The molecule has 4 heteroatoms. The molecule has 1 unspecified atom stereocenters. The predicted molar refractivity (Wildman–Crippen MR) is 70.2 cm³/mol. The van der Waals surface area contributed by atoms with Crippen LogP contribution in [-0.2, 0) is 9.53 Å². The predicted octanol–water partition coefficient (Wildman–Crippen LogP) is 2.06. The second-order valence-electron chi connectivity index (χ2n) is 4.08. The Balaban J connectivity index is 2.34. The summed E-state index contributed by atoms with van der Waals surface area (Å²) in [6.45, 7) is 1.95. The number of esters is 1. The average molecular weight is 244 g/mol. The molecule has 0 bridgehead atoms. The summed E-state index contributed by atoms with van der Waals surface area (Å²) >= 11 is 0. The van der Waals surface area contributed by atoms with E-state index in [1.807, 2.05) is 43.4 Å². The molecule has 1 aromatic heterocycles. The number of hydrogen-bond donors (Lipinski definition) is 1. The first-order valence-corrected chi connectivity index (χ1v) is 5.88. The van der Waals surface area contributed by atoms with Gasteiger partial charge in [0.05, 0.1) is 11.2 Å². The molecular weight excluding hydrogens is 228 g/mol. The fourth-order valence-corrected chi connectivity index (χ4v) is 1.85. The third-order valence-corrected chi connectivity index (χ3v) is 2.65. The van der Waals surface area contributed by atoms with Crippen molar-refractivity contribution in [2.75, 3.05) is 13.6 Å². The minimum atomic E-state index is -0.350. The van der Waals surface area contributed by atoms with Gasteiger partial charge in [-0.2, -0.15) is 0 Å². The minimum Gasteiger partial charge on any atom is -0.455 e. The van der Waals surface area contributed by atoms with Crippen LogP contribution in [-0.4, -0.2) is 24.5 Å². The van der Waals surface area contributed by atoms with E-state index in [0.717, 1.165) is 16.6 Å². The SMILES string of the molecule is CNCC(OC(C)=O)c1ccc2ccccc2n1. The number of hydrogen-bond acceptors (Lipinski definition) is 4. The van der Waals surface area contributed by atoms with Gasteiger partial charge >= 0.3 is 5.97 Å². The highest BCUT2D eigenvalue weighted by Gasteiger charge is 2.15. The Bertz CT molecular complexity index is 554. The van der Waals surface area contributed by atoms with Gasteiger partial charge in [0, 0.05) is 18.9 Å². The standard InChI is InChI=1S/C14H16N2O2/c1-10(17)18-14(9-15-2)13-8-7-11-5-3-4-6-12(11)16-13/h3-8,14-15H,9H2,1-2H3. The number of nitrogens with one attached hydrogen (secondary N) is 1. The Morgan fingerprint density at radius 1 is 1.33 bits per heavy atom. The largest absolute Gasteiger partial charge is 0.455 e. The smallest absolute Gasteiger partial charge is 0.303 e. The van der Waals surface area contributed by atoms with Gasteiger partial charge in [0.25, 0.3) is 0 Å². The van der Waals surface area contributed by atoms with E-state index in [1.165, 1.54) is 6.92 Å². The zero-order chi connectivity index (χ0) is 13.0. The van der Waals surface area contributed by atoms with E-state index in [-0.39, 0.29) is 12.1 Å². The van der Waals surface area contributed by atoms with Gasteiger partial charge in [0.1, 0.15) is 0 Å². The van der Waals surface area contributed by atoms with Crippen LogP contribution in [0.15, 0.2) is 36.4 Å². The summed E-state index contributed by atoms with van der Waals surface area (Å²) in [5.74, 6) is -0.301. The van der Waals surface area contributed by atoms with E-state index in [1.54, 1.807) is 0 Å². The Morgan fingerprint density at radius 3 is 2.83 bits per heavy atom. The molecule has 0 saturated heterocycles. The molecule has 2 rings (SSSR count). The number of benzene rings is 1. The number of aromatic nitrogens is 1. The normalized spacial score (nSPS) is 12.3. The van der Waals surface area contributed by atoms with Crippen LogP contribution in [0.1, 0.15) is 18.7 Å². The second-order valence-corrected chi connectivity index (χ2v) is 4.08. The van der Waals surface area contributed by atoms with Crippen molar-refractivity contribution in [3.8, 4) is 0 Å². The molecule has 4 nitrogen and oxygen atoms in total. The molecule has 2 aromatic rings. The van der Waals surface area contributed by atoms with Crippen molar-refractivity contribution in [1.29, 1.82) is 0 Å². The van der Waals surface area contributed by atoms with Gasteiger partial charge in [-0.1, -0.05) is 24.3 Å². The lowest BCUT2D eigenvalue weighted by atomic mass is 10.1. The van der Waals surface area contributed by atoms with E-state index in [9.17, 15) is 4.79 Å². The average Bonchev–Trinajstić information content (AvgIpc) is 2.37. The van der Waals surface area contributed by atoms with Gasteiger partial charge in [0.15, 0.2) is 6.10 Å². The lowest BCUT2D eigenvalue weighted by molar-refractivity contribution is -0.146. The van der Waals surface area contributed by atoms with Gasteiger partial charge in [-0.25, -0.2) is 4.98 Å². The summed E-state index contributed by atoms with van der Waals surface area (Å²) in [6, 6.07) is 11.8. The first-order valence-electron chi connectivity index (χ1n) is 5.88. The highest BCUT2D eigenvalue weighted by atomic mass is 16.5. The summed E-state index contributed by atoms with van der Waals surface area (Å²) in [4.78, 5) is 15.6. The fourth-order valence-electron chi connectivity index (χ4n) is 1.85. The maximum atomic E-state index is 11.1. The molecule has 94 valence electrons. The summed E-state index contributed by atoms with van der Waals surface area (Å²) in [5.41, 5.74) is 1.67. The number of carbonyl (C=O) groups is 1. The van der Waals surface area contributed by atoms with E-state index in [4.69, 9.17) is 4.74 Å². The Kier molecular flexibility index (Phi) is 3.89. The molecule has 1 aromatic carbocycles. The number of rotatable bonds is 4. The summed E-state index contributed by atoms with van der Waals surface area (Å²) < 4.78 is 5.26. The first kappa shape index (κ1) is 12.5. The Morgan fingerprint density at radius 2 is 2.11 bits per heavy atom. The first-order chi connectivity index (χ1) is 8.70. The number of nitrogens with zero attached hydrogens (tertiary/aromatic N) is 1. The Hall–Kier alpha value is -1.94. The summed E-state index contributed by atoms with van der Waals surface area (Å²) in [7, 11) is 1.82. The van der Waals surface area contributed by atoms with Crippen molar-refractivity contribution >= 4 is 16.9 Å². The molecule has 1 heterocycles. The van der Waals surface area contributed by atoms with Gasteiger partial charge in [-0.3, -0.25) is 4.79 Å². The maximum Gasteiger partial charge on any atom is 0.303 e. The molecule has 0 radical (unpaired) electrons. The van der Waals surface area contributed by atoms with Gasteiger partial charge in [-0.15, -0.1) is 0 Å². The van der Waals surface area contributed by atoms with E-state index >= 15 is 0 Å². The number of pyridine rings is 1. The minimum absolute atomic E-state index is 0.301. The molecule has 0 fully saturated rings. The molecule has 0 aliphatic carbocycles. The number of carbonyl (C=O) groups excluding carboxylic acids is 1. The van der Waals surface area contributed by atoms with Crippen LogP contribution in [0.25, 0.3) is 10.9 Å². The van der Waals surface area contributed by atoms with Crippen LogP contribution < -0.4 is 5.32 Å². The van der Waals surface area contributed by atoms with Crippen LogP contribution in [0.2, 0.25) is 0 Å². The lowest BCUT2D eigenvalue weighted by Gasteiger charge is -2.16. The Labute approximate surface area is 106 Å². The molecule has 18 heavy (non-hydrogen) atoms. The fraction of sp³-hybridized carbons (Fsp3) is 0.286. The van der Waals surface area contributed by atoms with Crippen LogP contribution in [0.5, 0.6) is 0 Å². The number of para-hydroxylation sites is 1. The monoisotopic (exact) mass is 244 g/mol. The van der Waals surface area contributed by atoms with Gasteiger partial charge in [-0.05, 0) is 19.2 Å². The van der Waals surface area contributed by atoms with Crippen molar-refractivity contribution < 1.29 is 9.53 Å². The molecule has 0 amide bonds. The van der Waals surface area contributed by atoms with E-state index < -0.39 is 0 Å². The van der Waals surface area contributed by atoms with Crippen molar-refractivity contribution in [1.82, 2.24) is 10.3 Å². The quantitative estimate of drug-likeness (QED) is 0.836. The molecule has 0 spiro atoms. The molecule has 0 aliphatic heterocycles. The highest BCUT2D eigenvalue weighted by Crippen LogP contribution is 2.19. The molecule has 0 aliphatic rings. The van der Waals surface area contributed by atoms with Crippen LogP contribution in [0, 0.1) is 0 Å². The van der Waals surface area contributed by atoms with Crippen LogP contribution in [0.4, 0.5) is 0 Å². The summed E-state index contributed by atoms with van der Waals surface area (Å²) in [6.07, 6.45) is -0.350. The third-order valence-electron chi connectivity index (χ3n) is 2.65. The van der Waals surface area contributed by atoms with Gasteiger partial charge < -0.3 is 10.1 Å². The molecule has 1 atom stereocenters. The zero-order valence-electron chi connectivity index (χ0n) is 10.5. The topological polar surface area (TPSA) is 51.2 Å². The van der Waals surface area contributed by atoms with Crippen molar-refractivity contribution in [3.63, 3.8) is 0 Å². The maximum absolute atomic E-state index is 11.1. The molecule has 0 saturated carbocycles. The van der Waals surface area contributed by atoms with E-state index in [2.05, 4.69) is 10.3 Å². The second kappa shape index (κ2) is 5.60.